The normalized spacial score (nSPS) is 11.0. The lowest BCUT2D eigenvalue weighted by molar-refractivity contribution is 0.245. The monoisotopic (exact) mass is 1690 g/mol. The highest BCUT2D eigenvalue weighted by molar-refractivity contribution is 7.13. The van der Waals surface area contributed by atoms with E-state index in [1.807, 2.05) is 200 Å². The van der Waals surface area contributed by atoms with E-state index in [9.17, 15) is 19.2 Å². The van der Waals surface area contributed by atoms with Gasteiger partial charge in [-0.25, -0.2) is 29.6 Å². The molecule has 0 spiro atoms. The largest absolute Gasteiger partial charge is 0.490 e. The minimum absolute atomic E-state index is 0.00683. The molecule has 10 heterocycles. The first-order valence-electron chi connectivity index (χ1n) is 42.2. The molecule has 15 aromatic rings. The number of fused-ring (bicyclic) bond motifs is 5. The predicted molar refractivity (Wildman–Crippen MR) is 517 cm³/mol. The first kappa shape index (κ1) is 97.4. The van der Waals surface area contributed by atoms with Crippen molar-refractivity contribution in [1.29, 1.82) is 0 Å². The molecule has 0 saturated carbocycles. The second kappa shape index (κ2) is 45.8. The summed E-state index contributed by atoms with van der Waals surface area (Å²) in [6.07, 6.45) is 5.50. The lowest BCUT2D eigenvalue weighted by atomic mass is 10.1. The van der Waals surface area contributed by atoms with Crippen LogP contribution >= 0.6 is 22.9 Å². The van der Waals surface area contributed by atoms with Crippen LogP contribution in [0.1, 0.15) is 203 Å². The van der Waals surface area contributed by atoms with Crippen molar-refractivity contribution in [1.82, 2.24) is 64.4 Å². The van der Waals surface area contributed by atoms with Gasteiger partial charge in [0.05, 0.1) is 72.9 Å². The van der Waals surface area contributed by atoms with Gasteiger partial charge in [0.1, 0.15) is 33.9 Å². The molecule has 20 nitrogen and oxygen atoms in total. The van der Waals surface area contributed by atoms with Crippen LogP contribution in [0.3, 0.4) is 0 Å². The predicted octanol–water partition coefficient (Wildman–Crippen LogP) is 25.3. The standard InChI is InChI=1S/C21H24ClN3O.C16H18N4O.C16H17N3O.C16H16N2OS.C15H13N3O.4C4H10/c1-12(2)23-19-8-6-7-16(24-19)17-11-18(26-13(3)4)15-10-9-14(5)20(22)21(15)25-17;1-10(2)17-15-6-7-20(19-15)16-9-14(21)12-5-4-11(3)8-13(12)18-16;1-10(2)19-7-6-13(18-19)15-9-16(20)12-5-4-11(3)8-14(12)17-15;1-9(2)14-8-20-16(18-14)13-7-15(19)11-5-4-10(3)6-12(11)17-13;1-9-3-4-11-12(7-9)18-13(8-14(11)19)15-16-6-5-10(2)17-15;4*1-4(2)3/h6-13H,1-5H3,(H,23,24);4-10H,1-3H3,(H,17,19)(H,18,21);4-10H,1-3H3,(H,17,20);4-9H,1-3H3,(H,17,19);3-8H,1-2H3,(H,18,19);4*4H,1-3H3. The number of ether oxygens (including phenoxy) is 1. The first-order chi connectivity index (χ1) is 57.5. The SMILES string of the molecule is CC(C)C.CC(C)C.CC(C)C.CC(C)C.Cc1ccc2c(=O)cc(-c3ccn(C(C)C)n3)[nH]c2c1.Cc1ccc2c(=O)cc(-c3nc(C(C)C)cs3)[nH]c2c1.Cc1ccc2c(=O)cc(-c3nccc(C)n3)[nH]c2c1.Cc1ccc2c(=O)cc(-n3ccc(NC(C)C)n3)[nH]c2c1.Cc1ccc2c(OC(C)C)cc(-c3cccc(NC(C)C)n3)nc2c1Cl. The molecular formula is C100H128ClN15O5S. The number of hydrogen-bond acceptors (Lipinski definition) is 15. The number of nitrogens with one attached hydrogen (secondary N) is 6. The van der Waals surface area contributed by atoms with Crippen LogP contribution in [0.4, 0.5) is 11.6 Å². The van der Waals surface area contributed by atoms with Gasteiger partial charge in [0.25, 0.3) is 0 Å². The number of anilines is 2. The zero-order chi connectivity index (χ0) is 90.1. The Bertz CT molecular complexity index is 6000. The summed E-state index contributed by atoms with van der Waals surface area (Å²) in [5.41, 5.74) is 16.0. The zero-order valence-corrected chi connectivity index (χ0v) is 78.4. The summed E-state index contributed by atoms with van der Waals surface area (Å²) in [6, 6.07) is 47.8. The Balaban J connectivity index is 0.000000201. The van der Waals surface area contributed by atoms with Crippen molar-refractivity contribution < 1.29 is 4.74 Å². The highest BCUT2D eigenvalue weighted by Gasteiger charge is 2.18. The number of halogens is 1. The summed E-state index contributed by atoms with van der Waals surface area (Å²) >= 11 is 8.11. The van der Waals surface area contributed by atoms with Gasteiger partial charge >= 0.3 is 0 Å². The van der Waals surface area contributed by atoms with Gasteiger partial charge in [-0.3, -0.25) is 23.9 Å². The number of hydrogen-bond donors (Lipinski definition) is 6. The number of aromatic amines is 4. The Labute approximate surface area is 729 Å². The van der Waals surface area contributed by atoms with Crippen LogP contribution in [0.15, 0.2) is 195 Å². The maximum absolute atomic E-state index is 12.2. The van der Waals surface area contributed by atoms with Crippen molar-refractivity contribution in [3.05, 3.63) is 261 Å². The van der Waals surface area contributed by atoms with Crippen molar-refractivity contribution in [3.63, 3.8) is 0 Å². The van der Waals surface area contributed by atoms with Crippen LogP contribution in [0, 0.1) is 65.2 Å². The van der Waals surface area contributed by atoms with Gasteiger partial charge in [-0.2, -0.15) is 5.10 Å². The summed E-state index contributed by atoms with van der Waals surface area (Å²) in [5, 5.41) is 22.8. The van der Waals surface area contributed by atoms with E-state index in [0.717, 1.165) is 152 Å². The lowest BCUT2D eigenvalue weighted by Crippen LogP contribution is -2.11. The van der Waals surface area contributed by atoms with Gasteiger partial charge in [-0.05, 0) is 233 Å². The number of H-pyrrole nitrogens is 4. The van der Waals surface area contributed by atoms with Gasteiger partial charge in [0.15, 0.2) is 27.5 Å². The summed E-state index contributed by atoms with van der Waals surface area (Å²) in [6.45, 7) is 58.6. The molecule has 646 valence electrons. The Morgan fingerprint density at radius 3 is 1.37 bits per heavy atom. The number of pyridine rings is 6. The van der Waals surface area contributed by atoms with Gasteiger partial charge < -0.3 is 35.3 Å². The molecular weight excluding hydrogens is 1560 g/mol. The average molecular weight is 1690 g/mol. The van der Waals surface area contributed by atoms with E-state index < -0.39 is 0 Å². The van der Waals surface area contributed by atoms with E-state index in [4.69, 9.17) is 26.3 Å². The first-order valence-corrected chi connectivity index (χ1v) is 43.5. The topological polar surface area (TPSA) is 265 Å². The number of aromatic nitrogens is 13. The molecule has 0 saturated heterocycles. The third kappa shape index (κ3) is 29.9. The molecule has 0 radical (unpaired) electrons. The molecule has 0 aliphatic rings. The molecule has 122 heavy (non-hydrogen) atoms. The van der Waals surface area contributed by atoms with Crippen LogP contribution in [0.5, 0.6) is 5.75 Å². The smallest absolute Gasteiger partial charge is 0.191 e. The molecule has 0 unspecified atom stereocenters. The quantitative estimate of drug-likeness (QED) is 0.0627. The summed E-state index contributed by atoms with van der Waals surface area (Å²) in [5.74, 6) is 7.31. The fourth-order valence-corrected chi connectivity index (χ4v) is 12.7. The summed E-state index contributed by atoms with van der Waals surface area (Å²) < 4.78 is 9.59. The van der Waals surface area contributed by atoms with Gasteiger partial charge in [-0.15, -0.1) is 16.4 Å². The van der Waals surface area contributed by atoms with Crippen LogP contribution in [0.25, 0.3) is 105 Å². The third-order valence-corrected chi connectivity index (χ3v) is 18.2. The Kier molecular flexibility index (Phi) is 36.6. The van der Waals surface area contributed by atoms with Crippen LogP contribution in [-0.2, 0) is 0 Å². The number of rotatable bonds is 13. The number of benzene rings is 5. The van der Waals surface area contributed by atoms with E-state index in [1.54, 1.807) is 46.5 Å². The molecule has 0 aliphatic carbocycles. The molecule has 5 aromatic carbocycles. The molecule has 0 atom stereocenters. The number of nitrogens with zero attached hydrogens (tertiary/aromatic N) is 9. The molecule has 15 rings (SSSR count). The Hall–Kier alpha value is -11.7. The van der Waals surface area contributed by atoms with Gasteiger partial charge in [-0.1, -0.05) is 145 Å². The lowest BCUT2D eigenvalue weighted by Gasteiger charge is -2.15. The van der Waals surface area contributed by atoms with E-state index in [0.29, 0.717) is 62.6 Å². The highest BCUT2D eigenvalue weighted by Crippen LogP contribution is 2.36. The zero-order valence-electron chi connectivity index (χ0n) is 76.8. The molecule has 0 bridgehead atoms. The minimum Gasteiger partial charge on any atom is -0.490 e. The second-order valence-corrected chi connectivity index (χ2v) is 36.0. The van der Waals surface area contributed by atoms with Crippen molar-refractivity contribution in [2.45, 2.75) is 224 Å². The van der Waals surface area contributed by atoms with Gasteiger partial charge in [0.2, 0.25) is 0 Å². The van der Waals surface area contributed by atoms with Crippen LogP contribution < -0.4 is 37.1 Å². The van der Waals surface area contributed by atoms with Crippen molar-refractivity contribution in [2.75, 3.05) is 10.6 Å². The highest BCUT2D eigenvalue weighted by atomic mass is 35.5. The molecule has 0 aliphatic heterocycles. The van der Waals surface area contributed by atoms with Crippen molar-refractivity contribution >= 4 is 89.1 Å². The van der Waals surface area contributed by atoms with E-state index in [2.05, 4.69) is 200 Å². The van der Waals surface area contributed by atoms with Crippen LogP contribution in [0.2, 0.25) is 5.02 Å². The summed E-state index contributed by atoms with van der Waals surface area (Å²) in [4.78, 5) is 84.4. The molecule has 10 aromatic heterocycles. The van der Waals surface area contributed by atoms with Gasteiger partial charge in [0, 0.05) is 111 Å². The fourth-order valence-electron chi connectivity index (χ4n) is 11.6. The van der Waals surface area contributed by atoms with E-state index in [-0.39, 0.29) is 27.8 Å². The Morgan fingerprint density at radius 1 is 0.426 bits per heavy atom. The summed E-state index contributed by atoms with van der Waals surface area (Å²) in [7, 11) is 0. The maximum Gasteiger partial charge on any atom is 0.191 e. The van der Waals surface area contributed by atoms with E-state index >= 15 is 0 Å². The van der Waals surface area contributed by atoms with Crippen molar-refractivity contribution in [2.24, 2.45) is 23.7 Å². The fraction of sp³-hybridized carbons (Fsp3) is 0.370. The number of thiazole rings is 1. The van der Waals surface area contributed by atoms with E-state index in [1.165, 1.54) is 0 Å². The Morgan fingerprint density at radius 2 is 0.893 bits per heavy atom. The number of aryl methyl sites for hydroxylation is 6. The molecule has 6 N–H and O–H groups in total. The molecule has 0 fully saturated rings. The second-order valence-electron chi connectivity index (χ2n) is 34.7. The van der Waals surface area contributed by atoms with Crippen molar-refractivity contribution in [3.8, 4) is 56.6 Å². The average Bonchev–Trinajstić information content (AvgIpc) is 1.43. The maximum atomic E-state index is 12.2. The molecule has 22 heteroatoms. The van der Waals surface area contributed by atoms with Crippen LogP contribution in [-0.4, -0.2) is 82.6 Å². The third-order valence-electron chi connectivity index (χ3n) is 16.9. The minimum atomic E-state index is -0.0196. The molecule has 0 amide bonds.